The molecule has 0 aromatic rings. The number of halogens is 3. The van der Waals surface area contributed by atoms with Gasteiger partial charge in [-0.05, 0) is 143 Å². The van der Waals surface area contributed by atoms with Gasteiger partial charge in [0.2, 0.25) is 47.3 Å². The van der Waals surface area contributed by atoms with Gasteiger partial charge in [0.15, 0.2) is 18.4 Å². The number of alkyl halides is 3. The van der Waals surface area contributed by atoms with E-state index >= 15 is 0 Å². The van der Waals surface area contributed by atoms with Gasteiger partial charge in [-0.3, -0.25) is 62.8 Å². The Morgan fingerprint density at radius 2 is 0.650 bits per heavy atom. The van der Waals surface area contributed by atoms with E-state index < -0.39 is 157 Å². The molecule has 12 rings (SSSR count). The molecule has 8 saturated heterocycles. The summed E-state index contributed by atoms with van der Waals surface area (Å²) >= 11 is 0. The van der Waals surface area contributed by atoms with Gasteiger partial charge in [-0.2, -0.15) is 0 Å². The predicted molar refractivity (Wildman–Crippen MR) is 402 cm³/mol. The fraction of sp³-hybridized carbons (Fsp3) is 0.857. The molecule has 10 amide bonds. The summed E-state index contributed by atoms with van der Waals surface area (Å²) in [5.41, 5.74) is -2.51. The zero-order valence-corrected chi connectivity index (χ0v) is 67.7. The number of nitrogens with zero attached hydrogens (tertiary/aromatic N) is 8. The van der Waals surface area contributed by atoms with Crippen molar-refractivity contribution in [1.82, 2.24) is 39.2 Å². The van der Waals surface area contributed by atoms with E-state index in [4.69, 9.17) is 39.7 Å². The van der Waals surface area contributed by atoms with Gasteiger partial charge < -0.3 is 110 Å². The van der Waals surface area contributed by atoms with E-state index in [2.05, 4.69) is 30.7 Å². The highest BCUT2D eigenvalue weighted by atomic mass is 19.1. The van der Waals surface area contributed by atoms with E-state index in [-0.39, 0.29) is 156 Å². The molecule has 4 spiro atoms. The van der Waals surface area contributed by atoms with Gasteiger partial charge in [0.25, 0.3) is 0 Å². The van der Waals surface area contributed by atoms with Crippen molar-refractivity contribution in [3.8, 4) is 0 Å². The molecule has 8 heterocycles. The molecule has 0 bridgehead atoms. The zero-order valence-electron chi connectivity index (χ0n) is 67.7. The Morgan fingerprint density at radius 3 is 0.940 bits per heavy atom. The number of likely N-dealkylation sites (tertiary alicyclic amines) is 8. The minimum Gasteiger partial charge on any atom is -0.459 e. The average molecular weight is 1690 g/mol. The Bertz CT molecular complexity index is 3220. The van der Waals surface area contributed by atoms with E-state index in [0.29, 0.717) is 50.7 Å². The maximum atomic E-state index is 14.0. The summed E-state index contributed by atoms with van der Waals surface area (Å²) in [4.78, 5) is 145. The van der Waals surface area contributed by atoms with Crippen LogP contribution in [0, 0.1) is 45.3 Å². The fourth-order valence-electron chi connectivity index (χ4n) is 17.6. The number of rotatable bonds is 9. The van der Waals surface area contributed by atoms with Gasteiger partial charge in [0.05, 0.1) is 28.2 Å². The van der Waals surface area contributed by atoms with Gasteiger partial charge in [0.1, 0.15) is 110 Å². The Balaban J connectivity index is 0.000000224. The van der Waals surface area contributed by atoms with Crippen molar-refractivity contribution in [2.75, 3.05) is 92.6 Å². The Labute approximate surface area is 678 Å². The number of imide groups is 4. The molecule has 19 unspecified atom stereocenters. The lowest BCUT2D eigenvalue weighted by Crippen LogP contribution is -2.65. The third-order valence-electron chi connectivity index (χ3n) is 26.1. The quantitative estimate of drug-likeness (QED) is 0.0608. The molecule has 4 aliphatic carbocycles. The average Bonchev–Trinajstić information content (AvgIpc) is 1.64. The summed E-state index contributed by atoms with van der Waals surface area (Å²) in [5.74, 6) is -0.750. The number of piperidine rings is 4. The van der Waals surface area contributed by atoms with Gasteiger partial charge in [-0.15, -0.1) is 0 Å². The normalized spacial score (nSPS) is 37.3. The maximum absolute atomic E-state index is 14.0. The van der Waals surface area contributed by atoms with Crippen molar-refractivity contribution in [1.29, 1.82) is 0 Å². The SMILES string of the molecule is C.CC(=O)OC1C(C)C(C)C(C)C(C)C1F.CC(F)CN1C(=O)CC2(CCN(C)CC2)C1=O.CCCN1C(=O)CC2(CCN(C)CC2)C1=O.CCN1C(=O)CC2(CCN(C(=O)OC3C(O)C(O)C(O)C(O)C3O)CC2)C1=O.CCN1C(=O)CC2(CCN(C(=O)OC3C(O)C(O)C(O)C(O)C3O)CC2)C1=O.OC1C(O)C(O)C(F)C(O)C1O. The first-order valence-corrected chi connectivity index (χ1v) is 40.1. The summed E-state index contributed by atoms with van der Waals surface area (Å²) < 4.78 is 54.9. The highest BCUT2D eigenvalue weighted by Crippen LogP contribution is 2.47. The van der Waals surface area contributed by atoms with Crippen LogP contribution >= 0.6 is 0 Å². The Hall–Kier alpha value is -6.32. The zero-order chi connectivity index (χ0) is 87.2. The standard InChI is InChI=1S/2C17H26N2O9.C12H19FN2O2.C12H21FO2.C12H20N2O2.C6H11FO5.CH4/c2*1-2-19-8(20)7-17(15(19)26)3-5-18(6-4-17)16(27)28-14-12(24)10(22)9(21)11(23)13(14)25;1-9(13)8-15-10(16)7-12(11(15)17)3-5-14(2)6-4-12;1-6-7(2)9(4)12(15-10(5)14)11(13)8(6)3;1-3-6-14-10(15)9-12(11(14)16)4-7-13(2)8-5-12;7-1-2(8)4(10)6(12)5(11)3(1)9;/h2*9-14,21-25H,2-7H2,1H3;9H,3-8H2,1-2H3;6-9,11-12H,1-5H3;3-9H2,1-2H3;1-6,8-12H;1H4. The van der Waals surface area contributed by atoms with Crippen LogP contribution < -0.4 is 0 Å². The molecule has 670 valence electrons. The molecule has 19 atom stereocenters. The molecule has 37 nitrogen and oxygen atoms in total. The van der Waals surface area contributed by atoms with Gasteiger partial charge in [0, 0.05) is 78.4 Å². The molecule has 40 heteroatoms. The largest absolute Gasteiger partial charge is 0.459 e. The van der Waals surface area contributed by atoms with E-state index in [1.165, 1.54) is 38.3 Å². The first-order chi connectivity index (χ1) is 54.1. The second-order valence-electron chi connectivity index (χ2n) is 33.7. The predicted octanol–water partition coefficient (Wildman–Crippen LogP) is -3.38. The van der Waals surface area contributed by atoms with Crippen LogP contribution in [0.5, 0.6) is 0 Å². The molecular weight excluding hydrogens is 1560 g/mol. The van der Waals surface area contributed by atoms with Gasteiger partial charge in [-0.25, -0.2) is 22.8 Å². The molecule has 0 aromatic carbocycles. The number of esters is 1. The summed E-state index contributed by atoms with van der Waals surface area (Å²) in [6.45, 7) is 21.4. The molecule has 0 aromatic heterocycles. The number of hydrogen-bond acceptors (Lipinski definition) is 31. The van der Waals surface area contributed by atoms with E-state index in [1.54, 1.807) is 13.8 Å². The third kappa shape index (κ3) is 21.2. The highest BCUT2D eigenvalue weighted by molar-refractivity contribution is 6.08. The number of ether oxygens (including phenoxy) is 3. The third-order valence-corrected chi connectivity index (χ3v) is 26.1. The number of carbonyl (C=O) groups is 11. The van der Waals surface area contributed by atoms with Crippen molar-refractivity contribution >= 4 is 65.4 Å². The molecule has 12 aliphatic rings. The Kier molecular flexibility index (Phi) is 34.9. The van der Waals surface area contributed by atoms with Crippen LogP contribution in [-0.4, -0.2) is 402 Å². The molecule has 117 heavy (non-hydrogen) atoms. The van der Waals surface area contributed by atoms with Crippen molar-refractivity contribution in [3.63, 3.8) is 0 Å². The van der Waals surface area contributed by atoms with Crippen molar-refractivity contribution in [3.05, 3.63) is 0 Å². The lowest BCUT2D eigenvalue weighted by atomic mass is 9.67. The first kappa shape index (κ1) is 99.5. The van der Waals surface area contributed by atoms with E-state index in [9.17, 15) is 117 Å². The Morgan fingerprint density at radius 1 is 0.385 bits per heavy atom. The lowest BCUT2D eigenvalue weighted by Gasteiger charge is -2.43. The number of aliphatic hydroxyl groups is 15. The molecule has 0 radical (unpaired) electrons. The fourth-order valence-corrected chi connectivity index (χ4v) is 17.6. The van der Waals surface area contributed by atoms with E-state index in [1.807, 2.05) is 27.8 Å². The van der Waals surface area contributed by atoms with Crippen LogP contribution in [-0.2, 0) is 57.4 Å². The molecule has 12 fully saturated rings. The van der Waals surface area contributed by atoms with Crippen LogP contribution in [0.15, 0.2) is 0 Å². The number of aliphatic hydroxyl groups excluding tert-OH is 15. The van der Waals surface area contributed by atoms with Crippen molar-refractivity contribution < 1.29 is 157 Å². The monoisotopic (exact) mass is 1680 g/mol. The lowest BCUT2D eigenvalue weighted by molar-refractivity contribution is -0.224. The van der Waals surface area contributed by atoms with Crippen molar-refractivity contribution in [2.45, 2.75) is 282 Å². The smallest absolute Gasteiger partial charge is 0.410 e. The molecular formula is C77H127F3N8O29. The summed E-state index contributed by atoms with van der Waals surface area (Å²) in [6, 6.07) is 0. The molecule has 15 N–H and O–H groups in total. The molecule has 8 aliphatic heterocycles. The van der Waals surface area contributed by atoms with Crippen LogP contribution in [0.1, 0.15) is 153 Å². The molecule has 4 saturated carbocycles. The minimum atomic E-state index is -2.14. The summed E-state index contributed by atoms with van der Waals surface area (Å²) in [7, 11) is 4.08. The second-order valence-corrected chi connectivity index (χ2v) is 33.7. The minimum absolute atomic E-state index is 0. The maximum Gasteiger partial charge on any atom is 0.410 e. The van der Waals surface area contributed by atoms with Crippen LogP contribution in [0.4, 0.5) is 22.8 Å². The van der Waals surface area contributed by atoms with Crippen LogP contribution in [0.3, 0.4) is 0 Å². The highest BCUT2D eigenvalue weighted by Gasteiger charge is 2.59. The van der Waals surface area contributed by atoms with E-state index in [0.717, 1.165) is 50.3 Å². The first-order valence-electron chi connectivity index (χ1n) is 40.1. The van der Waals surface area contributed by atoms with Gasteiger partial charge in [-0.1, -0.05) is 42.0 Å². The summed E-state index contributed by atoms with van der Waals surface area (Å²) in [6.07, 6.45) is -30.7. The van der Waals surface area contributed by atoms with Crippen molar-refractivity contribution in [2.24, 2.45) is 45.3 Å². The number of hydrogen-bond donors (Lipinski definition) is 15. The number of amides is 10. The summed E-state index contributed by atoms with van der Waals surface area (Å²) in [5, 5.41) is 142. The van der Waals surface area contributed by atoms with Crippen LogP contribution in [0.2, 0.25) is 0 Å². The second kappa shape index (κ2) is 41.0. The van der Waals surface area contributed by atoms with Crippen LogP contribution in [0.25, 0.3) is 0 Å². The topological polar surface area (TPSA) is 545 Å². The number of carbonyl (C=O) groups excluding carboxylic acids is 11. The van der Waals surface area contributed by atoms with Gasteiger partial charge >= 0.3 is 18.2 Å².